The monoisotopic (exact) mass is 327 g/mol. The number of hydrogen-bond donors (Lipinski definition) is 3. The molecule has 3 atom stereocenters. The van der Waals surface area contributed by atoms with E-state index in [1.165, 1.54) is 0 Å². The van der Waals surface area contributed by atoms with Crippen LogP contribution in [-0.2, 0) is 4.74 Å². The summed E-state index contributed by atoms with van der Waals surface area (Å²) in [6.45, 7) is 12.8. The van der Waals surface area contributed by atoms with Gasteiger partial charge in [-0.3, -0.25) is 4.99 Å². The van der Waals surface area contributed by atoms with Crippen molar-refractivity contribution in [3.63, 3.8) is 0 Å². The van der Waals surface area contributed by atoms with Crippen molar-refractivity contribution in [1.29, 1.82) is 0 Å². The Morgan fingerprint density at radius 2 is 2.00 bits per heavy atom. The molecule has 0 aliphatic heterocycles. The maximum Gasteiger partial charge on any atom is 0.191 e. The smallest absolute Gasteiger partial charge is 0.191 e. The summed E-state index contributed by atoms with van der Waals surface area (Å²) in [6.07, 6.45) is 4.05. The van der Waals surface area contributed by atoms with Gasteiger partial charge in [-0.2, -0.15) is 0 Å². The molecule has 1 fully saturated rings. The van der Waals surface area contributed by atoms with Gasteiger partial charge in [-0.25, -0.2) is 0 Å². The second-order valence-electron chi connectivity index (χ2n) is 7.44. The van der Waals surface area contributed by atoms with E-state index in [1.807, 2.05) is 0 Å². The lowest BCUT2D eigenvalue weighted by Crippen LogP contribution is -2.69. The molecule has 5 nitrogen and oxygen atoms in total. The van der Waals surface area contributed by atoms with Crippen LogP contribution < -0.4 is 10.6 Å². The van der Waals surface area contributed by atoms with Crippen molar-refractivity contribution in [3.8, 4) is 0 Å². The molecule has 3 N–H and O–H groups in total. The van der Waals surface area contributed by atoms with Crippen LogP contribution in [0.25, 0.3) is 0 Å². The number of guanidine groups is 1. The van der Waals surface area contributed by atoms with E-state index < -0.39 is 0 Å². The van der Waals surface area contributed by atoms with E-state index in [9.17, 15) is 5.11 Å². The van der Waals surface area contributed by atoms with Crippen molar-refractivity contribution in [3.05, 3.63) is 0 Å². The minimum atomic E-state index is -0.0797. The van der Waals surface area contributed by atoms with E-state index in [4.69, 9.17) is 9.73 Å². The summed E-state index contributed by atoms with van der Waals surface area (Å²) in [7, 11) is 1.79. The molecule has 0 bridgehead atoms. The molecule has 0 saturated heterocycles. The molecule has 0 aromatic heterocycles. The number of methoxy groups -OCH3 is 1. The molecule has 1 saturated carbocycles. The number of aliphatic imine (C=N–C) groups is 1. The third kappa shape index (κ3) is 4.83. The average molecular weight is 328 g/mol. The van der Waals surface area contributed by atoms with Crippen LogP contribution >= 0.6 is 0 Å². The van der Waals surface area contributed by atoms with Crippen LogP contribution in [0, 0.1) is 11.3 Å². The number of nitrogens with one attached hydrogen (secondary N) is 2. The highest BCUT2D eigenvalue weighted by Crippen LogP contribution is 2.51. The van der Waals surface area contributed by atoms with Gasteiger partial charge in [-0.05, 0) is 39.0 Å². The summed E-state index contributed by atoms with van der Waals surface area (Å²) in [6, 6.07) is 0.354. The summed E-state index contributed by atoms with van der Waals surface area (Å²) in [4.78, 5) is 4.75. The van der Waals surface area contributed by atoms with E-state index >= 15 is 0 Å². The molecule has 0 aromatic carbocycles. The van der Waals surface area contributed by atoms with Crippen LogP contribution in [0.3, 0.4) is 0 Å². The summed E-state index contributed by atoms with van der Waals surface area (Å²) in [5.74, 6) is 1.34. The number of nitrogens with zero attached hydrogens (tertiary/aromatic N) is 1. The molecule has 3 unspecified atom stereocenters. The Morgan fingerprint density at radius 1 is 1.30 bits per heavy atom. The lowest BCUT2D eigenvalue weighted by atomic mass is 9.56. The molecule has 0 spiro atoms. The Kier molecular flexibility index (Phi) is 7.81. The highest BCUT2D eigenvalue weighted by atomic mass is 16.5. The van der Waals surface area contributed by atoms with E-state index in [0.29, 0.717) is 12.0 Å². The molecule has 5 heteroatoms. The summed E-state index contributed by atoms with van der Waals surface area (Å²) >= 11 is 0. The molecular weight excluding hydrogens is 290 g/mol. The molecule has 136 valence electrons. The third-order valence-electron chi connectivity index (χ3n) is 5.68. The van der Waals surface area contributed by atoms with E-state index in [-0.39, 0.29) is 17.6 Å². The van der Waals surface area contributed by atoms with Gasteiger partial charge in [0.25, 0.3) is 0 Å². The zero-order chi connectivity index (χ0) is 17.5. The van der Waals surface area contributed by atoms with Gasteiger partial charge in [-0.15, -0.1) is 0 Å². The number of ether oxygens (including phenoxy) is 1. The van der Waals surface area contributed by atoms with Gasteiger partial charge < -0.3 is 20.5 Å². The third-order valence-corrected chi connectivity index (χ3v) is 5.68. The fraction of sp³-hybridized carbons (Fsp3) is 0.944. The van der Waals surface area contributed by atoms with Crippen molar-refractivity contribution < 1.29 is 9.84 Å². The van der Waals surface area contributed by atoms with Crippen LogP contribution in [-0.4, -0.2) is 49.5 Å². The Hall–Kier alpha value is -0.810. The molecule has 1 aliphatic rings. The predicted octanol–water partition coefficient (Wildman–Crippen LogP) is 2.54. The van der Waals surface area contributed by atoms with Gasteiger partial charge in [0.15, 0.2) is 5.96 Å². The van der Waals surface area contributed by atoms with E-state index in [0.717, 1.165) is 44.7 Å². The minimum Gasteiger partial charge on any atom is -0.396 e. The normalized spacial score (nSPS) is 28.1. The van der Waals surface area contributed by atoms with Crippen molar-refractivity contribution in [1.82, 2.24) is 10.6 Å². The first-order valence-electron chi connectivity index (χ1n) is 9.05. The summed E-state index contributed by atoms with van der Waals surface area (Å²) in [5, 5.41) is 16.1. The standard InChI is InChI=1S/C18H37N3O2/c1-7-9-14(10-11-22)13-20-16(19-8-2)21-15-12-18(5,23-6)17(15,3)4/h14-15,22H,7-13H2,1-6H3,(H2,19,20,21). The van der Waals surface area contributed by atoms with Crippen LogP contribution in [0.2, 0.25) is 0 Å². The second-order valence-corrected chi connectivity index (χ2v) is 7.44. The summed E-state index contributed by atoms with van der Waals surface area (Å²) < 4.78 is 5.69. The van der Waals surface area contributed by atoms with Gasteiger partial charge in [0.1, 0.15) is 0 Å². The lowest BCUT2D eigenvalue weighted by Gasteiger charge is -2.59. The number of aliphatic hydroxyl groups excluding tert-OH is 1. The first-order valence-corrected chi connectivity index (χ1v) is 9.05. The first-order chi connectivity index (χ1) is 10.8. The Labute approximate surface area is 142 Å². The summed E-state index contributed by atoms with van der Waals surface area (Å²) in [5.41, 5.74) is -0.0184. The van der Waals surface area contributed by atoms with Gasteiger partial charge in [0.05, 0.1) is 5.60 Å². The van der Waals surface area contributed by atoms with Gasteiger partial charge in [0, 0.05) is 38.3 Å². The largest absolute Gasteiger partial charge is 0.396 e. The topological polar surface area (TPSA) is 65.9 Å². The Bertz CT molecular complexity index is 378. The number of hydrogen-bond acceptors (Lipinski definition) is 3. The second kappa shape index (κ2) is 8.88. The quantitative estimate of drug-likeness (QED) is 0.450. The first kappa shape index (κ1) is 20.2. The van der Waals surface area contributed by atoms with Crippen LogP contribution in [0.5, 0.6) is 0 Å². The SMILES string of the molecule is CCCC(CCO)CN=C(NCC)NC1CC(C)(OC)C1(C)C. The molecule has 23 heavy (non-hydrogen) atoms. The van der Waals surface area contributed by atoms with Gasteiger partial charge in [0.2, 0.25) is 0 Å². The van der Waals surface area contributed by atoms with Crippen LogP contribution in [0.1, 0.15) is 60.3 Å². The van der Waals surface area contributed by atoms with E-state index in [2.05, 4.69) is 45.3 Å². The van der Waals surface area contributed by atoms with Crippen molar-refractivity contribution >= 4 is 5.96 Å². The fourth-order valence-electron chi connectivity index (χ4n) is 3.35. The maximum absolute atomic E-state index is 9.18. The number of rotatable bonds is 9. The van der Waals surface area contributed by atoms with Crippen molar-refractivity contribution in [2.24, 2.45) is 16.3 Å². The van der Waals surface area contributed by atoms with Crippen LogP contribution in [0.15, 0.2) is 4.99 Å². The Balaban J connectivity index is 2.66. The van der Waals surface area contributed by atoms with Gasteiger partial charge >= 0.3 is 0 Å². The molecule has 0 heterocycles. The average Bonchev–Trinajstić information content (AvgIpc) is 2.52. The minimum absolute atomic E-state index is 0.0614. The molecule has 0 aromatic rings. The molecule has 1 aliphatic carbocycles. The van der Waals surface area contributed by atoms with Gasteiger partial charge in [-0.1, -0.05) is 27.2 Å². The molecular formula is C18H37N3O2. The van der Waals surface area contributed by atoms with E-state index in [1.54, 1.807) is 7.11 Å². The number of aliphatic hydroxyl groups is 1. The molecule has 1 rings (SSSR count). The molecule has 0 amide bonds. The van der Waals surface area contributed by atoms with Crippen molar-refractivity contribution in [2.75, 3.05) is 26.8 Å². The van der Waals surface area contributed by atoms with Crippen molar-refractivity contribution in [2.45, 2.75) is 71.9 Å². The predicted molar refractivity (Wildman–Crippen MR) is 96.8 cm³/mol. The Morgan fingerprint density at radius 3 is 2.48 bits per heavy atom. The molecule has 0 radical (unpaired) electrons. The maximum atomic E-state index is 9.18. The van der Waals surface area contributed by atoms with Crippen LogP contribution in [0.4, 0.5) is 0 Å². The fourth-order valence-corrected chi connectivity index (χ4v) is 3.35. The lowest BCUT2D eigenvalue weighted by molar-refractivity contribution is -0.176. The highest BCUT2D eigenvalue weighted by molar-refractivity contribution is 5.80. The highest BCUT2D eigenvalue weighted by Gasteiger charge is 2.58. The zero-order valence-electron chi connectivity index (χ0n) is 15.9. The zero-order valence-corrected chi connectivity index (χ0v) is 15.9.